The van der Waals surface area contributed by atoms with E-state index in [2.05, 4.69) is 10.6 Å². The van der Waals surface area contributed by atoms with Gasteiger partial charge in [-0.25, -0.2) is 4.79 Å². The van der Waals surface area contributed by atoms with Gasteiger partial charge in [-0.05, 0) is 18.2 Å². The number of benzene rings is 1. The molecule has 1 aromatic carbocycles. The maximum atomic E-state index is 12.2. The highest BCUT2D eigenvalue weighted by atomic mass is 16.5. The number of fused-ring (bicyclic) bond motifs is 1. The average molecular weight is 293 g/mol. The molecule has 0 unspecified atom stereocenters. The molecule has 0 aliphatic carbocycles. The topological polar surface area (TPSA) is 79.9 Å². The summed E-state index contributed by atoms with van der Waals surface area (Å²) < 4.78 is 10.4. The van der Waals surface area contributed by atoms with Gasteiger partial charge in [0.15, 0.2) is 0 Å². The van der Waals surface area contributed by atoms with Gasteiger partial charge in [0.25, 0.3) is 5.91 Å². The molecule has 0 fully saturated rings. The van der Waals surface area contributed by atoms with Gasteiger partial charge in [-0.3, -0.25) is 4.79 Å². The number of carbonyl (C=O) groups excluding carboxylic acids is 2. The van der Waals surface area contributed by atoms with Gasteiger partial charge in [-0.15, -0.1) is 0 Å². The van der Waals surface area contributed by atoms with Gasteiger partial charge < -0.3 is 25.0 Å². The van der Waals surface area contributed by atoms with Crippen LogP contribution in [-0.2, 0) is 4.74 Å². The zero-order valence-electron chi connectivity index (χ0n) is 12.1. The summed E-state index contributed by atoms with van der Waals surface area (Å²) in [5.74, 6) is 0.417. The van der Waals surface area contributed by atoms with Crippen LogP contribution in [0.1, 0.15) is 10.4 Å². The summed E-state index contributed by atoms with van der Waals surface area (Å²) in [5.41, 5.74) is 0.987. The zero-order valence-corrected chi connectivity index (χ0v) is 12.1. The van der Waals surface area contributed by atoms with Gasteiger partial charge in [0.1, 0.15) is 12.4 Å². The Morgan fingerprint density at radius 2 is 2.29 bits per heavy atom. The number of ether oxygens (including phenoxy) is 2. The Morgan fingerprint density at radius 1 is 1.48 bits per heavy atom. The highest BCUT2D eigenvalue weighted by Crippen LogP contribution is 2.25. The number of anilines is 1. The lowest BCUT2D eigenvalue weighted by Crippen LogP contribution is -2.31. The summed E-state index contributed by atoms with van der Waals surface area (Å²) in [4.78, 5) is 25.4. The Kier molecular flexibility index (Phi) is 4.99. The molecule has 7 heteroatoms. The second-order valence-corrected chi connectivity index (χ2v) is 4.66. The van der Waals surface area contributed by atoms with Crippen molar-refractivity contribution in [1.82, 2.24) is 10.2 Å². The fourth-order valence-electron chi connectivity index (χ4n) is 1.94. The number of urea groups is 1. The van der Waals surface area contributed by atoms with Crippen molar-refractivity contribution in [3.05, 3.63) is 23.8 Å². The number of hydrogen-bond acceptors (Lipinski definition) is 4. The van der Waals surface area contributed by atoms with Crippen molar-refractivity contribution in [2.45, 2.75) is 0 Å². The lowest BCUT2D eigenvalue weighted by atomic mass is 10.1. The summed E-state index contributed by atoms with van der Waals surface area (Å²) in [6, 6.07) is 4.67. The Morgan fingerprint density at radius 3 is 3.05 bits per heavy atom. The SMILES string of the molecule is COCCNC(=O)Nc1ccc2c(c1)C(=O)N(C)CCO2. The first-order valence-electron chi connectivity index (χ1n) is 6.68. The molecular formula is C14H19N3O4. The number of rotatable bonds is 4. The first-order chi connectivity index (χ1) is 10.1. The van der Waals surface area contributed by atoms with Gasteiger partial charge in [0, 0.05) is 26.4 Å². The number of methoxy groups -OCH3 is 1. The van der Waals surface area contributed by atoms with Gasteiger partial charge in [-0.1, -0.05) is 0 Å². The molecular weight excluding hydrogens is 274 g/mol. The van der Waals surface area contributed by atoms with E-state index in [0.29, 0.717) is 43.3 Å². The van der Waals surface area contributed by atoms with E-state index in [1.807, 2.05) is 0 Å². The van der Waals surface area contributed by atoms with E-state index >= 15 is 0 Å². The molecule has 1 aliphatic rings. The van der Waals surface area contributed by atoms with E-state index in [1.165, 1.54) is 0 Å². The van der Waals surface area contributed by atoms with Crippen LogP contribution in [-0.4, -0.2) is 57.3 Å². The van der Waals surface area contributed by atoms with Gasteiger partial charge in [0.05, 0.1) is 18.7 Å². The number of nitrogens with one attached hydrogen (secondary N) is 2. The van der Waals surface area contributed by atoms with E-state index < -0.39 is 0 Å². The predicted molar refractivity (Wildman–Crippen MR) is 77.8 cm³/mol. The highest BCUT2D eigenvalue weighted by molar-refractivity contribution is 5.99. The number of amides is 3. The minimum atomic E-state index is -0.345. The van der Waals surface area contributed by atoms with E-state index in [1.54, 1.807) is 37.3 Å². The second kappa shape index (κ2) is 6.94. The molecule has 2 N–H and O–H groups in total. The molecule has 0 spiro atoms. The van der Waals surface area contributed by atoms with Crippen molar-refractivity contribution in [3.63, 3.8) is 0 Å². The molecule has 0 atom stereocenters. The quantitative estimate of drug-likeness (QED) is 0.809. The largest absolute Gasteiger partial charge is 0.491 e. The Bertz CT molecular complexity index is 533. The van der Waals surface area contributed by atoms with Crippen LogP contribution in [0.4, 0.5) is 10.5 Å². The molecule has 114 valence electrons. The Hall–Kier alpha value is -2.28. The van der Waals surface area contributed by atoms with Gasteiger partial charge in [0.2, 0.25) is 0 Å². The van der Waals surface area contributed by atoms with E-state index in [-0.39, 0.29) is 11.9 Å². The first kappa shape index (κ1) is 15.1. The van der Waals surface area contributed by atoms with Crippen LogP contribution in [0.25, 0.3) is 0 Å². The lowest BCUT2D eigenvalue weighted by Gasteiger charge is -2.13. The molecule has 1 aromatic rings. The van der Waals surface area contributed by atoms with Crippen LogP contribution in [0.2, 0.25) is 0 Å². The summed E-state index contributed by atoms with van der Waals surface area (Å²) in [6.45, 7) is 1.85. The fraction of sp³-hybridized carbons (Fsp3) is 0.429. The predicted octanol–water partition coefficient (Wildman–Crippen LogP) is 0.919. The molecule has 1 aliphatic heterocycles. The summed E-state index contributed by atoms with van der Waals surface area (Å²) >= 11 is 0. The molecule has 0 radical (unpaired) electrons. The van der Waals surface area contributed by atoms with Crippen LogP contribution in [0.3, 0.4) is 0 Å². The summed E-state index contributed by atoms with van der Waals surface area (Å²) in [6.07, 6.45) is 0. The number of hydrogen-bond donors (Lipinski definition) is 2. The Labute approximate surface area is 123 Å². The van der Waals surface area contributed by atoms with Gasteiger partial charge >= 0.3 is 6.03 Å². The smallest absolute Gasteiger partial charge is 0.319 e. The van der Waals surface area contributed by atoms with Crippen LogP contribution >= 0.6 is 0 Å². The average Bonchev–Trinajstić information content (AvgIpc) is 2.60. The van der Waals surface area contributed by atoms with Crippen molar-refractivity contribution >= 4 is 17.6 Å². The van der Waals surface area contributed by atoms with Crippen molar-refractivity contribution in [3.8, 4) is 5.75 Å². The third kappa shape index (κ3) is 3.85. The minimum absolute atomic E-state index is 0.119. The number of likely N-dealkylation sites (N-methyl/N-ethyl adjacent to an activating group) is 1. The van der Waals surface area contributed by atoms with Crippen LogP contribution in [0, 0.1) is 0 Å². The van der Waals surface area contributed by atoms with Crippen molar-refractivity contribution in [2.24, 2.45) is 0 Å². The third-order valence-electron chi connectivity index (χ3n) is 3.09. The molecule has 2 rings (SSSR count). The maximum Gasteiger partial charge on any atom is 0.319 e. The monoisotopic (exact) mass is 293 g/mol. The maximum absolute atomic E-state index is 12.2. The standard InChI is InChI=1S/C14H19N3O4/c1-17-6-8-21-12-4-3-10(9-11(12)13(17)18)16-14(19)15-5-7-20-2/h3-4,9H,5-8H2,1-2H3,(H2,15,16,19). The van der Waals surface area contributed by atoms with Gasteiger partial charge in [-0.2, -0.15) is 0 Å². The van der Waals surface area contributed by atoms with Crippen molar-refractivity contribution in [1.29, 1.82) is 0 Å². The fourth-order valence-corrected chi connectivity index (χ4v) is 1.94. The van der Waals surface area contributed by atoms with E-state index in [4.69, 9.17) is 9.47 Å². The van der Waals surface area contributed by atoms with Crippen LogP contribution in [0.15, 0.2) is 18.2 Å². The molecule has 21 heavy (non-hydrogen) atoms. The van der Waals surface area contributed by atoms with Crippen molar-refractivity contribution < 1.29 is 19.1 Å². The second-order valence-electron chi connectivity index (χ2n) is 4.66. The van der Waals surface area contributed by atoms with Crippen LogP contribution < -0.4 is 15.4 Å². The summed E-state index contributed by atoms with van der Waals surface area (Å²) in [7, 11) is 3.28. The molecule has 0 saturated carbocycles. The van der Waals surface area contributed by atoms with Crippen molar-refractivity contribution in [2.75, 3.05) is 45.8 Å². The van der Waals surface area contributed by atoms with Crippen LogP contribution in [0.5, 0.6) is 5.75 Å². The normalized spacial score (nSPS) is 14.0. The molecule has 3 amide bonds. The Balaban J connectivity index is 2.07. The summed E-state index contributed by atoms with van der Waals surface area (Å²) in [5, 5.41) is 5.32. The van der Waals surface area contributed by atoms with E-state index in [0.717, 1.165) is 0 Å². The first-order valence-corrected chi connectivity index (χ1v) is 6.68. The number of nitrogens with zero attached hydrogens (tertiary/aromatic N) is 1. The molecule has 1 heterocycles. The molecule has 0 saturated heterocycles. The third-order valence-corrected chi connectivity index (χ3v) is 3.09. The molecule has 0 bridgehead atoms. The highest BCUT2D eigenvalue weighted by Gasteiger charge is 2.21. The molecule has 0 aromatic heterocycles. The number of carbonyl (C=O) groups is 2. The zero-order chi connectivity index (χ0) is 15.2. The van der Waals surface area contributed by atoms with E-state index in [9.17, 15) is 9.59 Å². The minimum Gasteiger partial charge on any atom is -0.491 e. The molecule has 7 nitrogen and oxygen atoms in total. The lowest BCUT2D eigenvalue weighted by molar-refractivity contribution is 0.0796.